The molecule has 0 fully saturated rings. The number of nitrogens with zero attached hydrogens (tertiary/aromatic N) is 2. The maximum absolute atomic E-state index is 13.6. The summed E-state index contributed by atoms with van der Waals surface area (Å²) in [6.45, 7) is 0. The minimum atomic E-state index is -3.79. The zero-order valence-electron chi connectivity index (χ0n) is 12.9. The van der Waals surface area contributed by atoms with Crippen molar-refractivity contribution in [3.8, 4) is 0 Å². The molecule has 0 saturated carbocycles. The number of rotatable bonds is 5. The molecule has 0 radical (unpaired) electrons. The van der Waals surface area contributed by atoms with Gasteiger partial charge in [0.25, 0.3) is 0 Å². The monoisotopic (exact) mass is 345 g/mol. The summed E-state index contributed by atoms with van der Waals surface area (Å²) in [4.78, 5) is 4.35. The fourth-order valence-corrected chi connectivity index (χ4v) is 3.64. The van der Waals surface area contributed by atoms with Gasteiger partial charge in [-0.15, -0.1) is 0 Å². The first-order valence-corrected chi connectivity index (χ1v) is 8.76. The minimum Gasteiger partial charge on any atom is -0.336 e. The van der Waals surface area contributed by atoms with Gasteiger partial charge in [-0.2, -0.15) is 4.72 Å². The van der Waals surface area contributed by atoms with Crippen LogP contribution >= 0.6 is 0 Å². The van der Waals surface area contributed by atoms with E-state index in [0.717, 1.165) is 0 Å². The summed E-state index contributed by atoms with van der Waals surface area (Å²) < 4.78 is 43.3. The predicted octanol–water partition coefficient (Wildman–Crippen LogP) is 2.63. The molecule has 5 nitrogen and oxygen atoms in total. The van der Waals surface area contributed by atoms with Gasteiger partial charge in [-0.3, -0.25) is 0 Å². The Labute approximate surface area is 139 Å². The van der Waals surface area contributed by atoms with Crippen LogP contribution in [-0.4, -0.2) is 18.0 Å². The lowest BCUT2D eigenvalue weighted by Crippen LogP contribution is -2.31. The van der Waals surface area contributed by atoms with E-state index in [0.29, 0.717) is 11.4 Å². The highest BCUT2D eigenvalue weighted by atomic mass is 32.2. The molecule has 1 heterocycles. The Hall–Kier alpha value is -2.51. The molecule has 0 unspecified atom stereocenters. The molecular formula is C17H16FN3O2S. The van der Waals surface area contributed by atoms with Gasteiger partial charge in [-0.25, -0.2) is 17.8 Å². The molecular weight excluding hydrogens is 329 g/mol. The third-order valence-corrected chi connectivity index (χ3v) is 5.06. The number of halogens is 1. The van der Waals surface area contributed by atoms with Crippen molar-refractivity contribution in [2.24, 2.45) is 7.05 Å². The van der Waals surface area contributed by atoms with E-state index < -0.39 is 21.9 Å². The van der Waals surface area contributed by atoms with Gasteiger partial charge >= 0.3 is 0 Å². The van der Waals surface area contributed by atoms with Crippen LogP contribution in [0.2, 0.25) is 0 Å². The van der Waals surface area contributed by atoms with Crippen LogP contribution in [-0.2, 0) is 17.1 Å². The van der Waals surface area contributed by atoms with E-state index in [9.17, 15) is 12.8 Å². The van der Waals surface area contributed by atoms with Gasteiger partial charge in [0.2, 0.25) is 10.0 Å². The van der Waals surface area contributed by atoms with Crippen molar-refractivity contribution in [2.45, 2.75) is 10.9 Å². The topological polar surface area (TPSA) is 64.0 Å². The van der Waals surface area contributed by atoms with E-state index in [2.05, 4.69) is 9.71 Å². The third-order valence-electron chi connectivity index (χ3n) is 3.63. The smallest absolute Gasteiger partial charge is 0.241 e. The number of hydrogen-bond acceptors (Lipinski definition) is 3. The highest BCUT2D eigenvalue weighted by molar-refractivity contribution is 7.89. The fourth-order valence-electron chi connectivity index (χ4n) is 2.43. The van der Waals surface area contributed by atoms with Gasteiger partial charge in [-0.05, 0) is 29.8 Å². The molecule has 1 atom stereocenters. The minimum absolute atomic E-state index is 0.139. The summed E-state index contributed by atoms with van der Waals surface area (Å²) in [5.74, 6) is 0.0331. The second-order valence-electron chi connectivity index (χ2n) is 5.32. The Balaban J connectivity index is 2.05. The van der Waals surface area contributed by atoms with Crippen LogP contribution in [0.5, 0.6) is 0 Å². The Morgan fingerprint density at radius 2 is 1.88 bits per heavy atom. The number of benzene rings is 2. The normalized spacial score (nSPS) is 12.9. The molecule has 1 N–H and O–H groups in total. The van der Waals surface area contributed by atoms with Crippen LogP contribution in [0.4, 0.5) is 4.39 Å². The molecule has 0 aliphatic carbocycles. The highest BCUT2D eigenvalue weighted by Gasteiger charge is 2.25. The van der Waals surface area contributed by atoms with E-state index in [-0.39, 0.29) is 4.90 Å². The lowest BCUT2D eigenvalue weighted by Gasteiger charge is -2.19. The molecule has 24 heavy (non-hydrogen) atoms. The van der Waals surface area contributed by atoms with Gasteiger partial charge in [0.05, 0.1) is 4.90 Å². The van der Waals surface area contributed by atoms with E-state index in [4.69, 9.17) is 0 Å². The van der Waals surface area contributed by atoms with Gasteiger partial charge in [-0.1, -0.05) is 30.3 Å². The van der Waals surface area contributed by atoms with Crippen LogP contribution in [0, 0.1) is 5.82 Å². The average molecular weight is 345 g/mol. The zero-order valence-corrected chi connectivity index (χ0v) is 13.7. The van der Waals surface area contributed by atoms with E-state index in [1.165, 1.54) is 30.3 Å². The molecule has 7 heteroatoms. The summed E-state index contributed by atoms with van der Waals surface area (Å²) in [6.07, 6.45) is 3.27. The molecule has 0 bridgehead atoms. The summed E-state index contributed by atoms with van der Waals surface area (Å²) in [5, 5.41) is 0. The second kappa shape index (κ2) is 6.54. The Morgan fingerprint density at radius 3 is 2.50 bits per heavy atom. The molecule has 3 rings (SSSR count). The summed E-state index contributed by atoms with van der Waals surface area (Å²) in [7, 11) is -2.03. The molecule has 124 valence electrons. The van der Waals surface area contributed by atoms with Crippen molar-refractivity contribution in [1.29, 1.82) is 0 Å². The summed E-state index contributed by atoms with van der Waals surface area (Å²) >= 11 is 0. The number of nitrogens with one attached hydrogen (secondary N) is 1. The van der Waals surface area contributed by atoms with Gasteiger partial charge in [0.15, 0.2) is 0 Å². The van der Waals surface area contributed by atoms with Crippen LogP contribution in [0.25, 0.3) is 0 Å². The Bertz CT molecular complexity index is 939. The van der Waals surface area contributed by atoms with Crippen molar-refractivity contribution < 1.29 is 12.8 Å². The van der Waals surface area contributed by atoms with E-state index in [1.807, 2.05) is 0 Å². The number of aromatic nitrogens is 2. The first-order valence-electron chi connectivity index (χ1n) is 7.27. The molecule has 0 spiro atoms. The maximum atomic E-state index is 13.6. The molecule has 2 aromatic carbocycles. The Kier molecular flexibility index (Phi) is 4.46. The van der Waals surface area contributed by atoms with Crippen molar-refractivity contribution in [1.82, 2.24) is 14.3 Å². The molecule has 0 aliphatic heterocycles. The number of sulfonamides is 1. The lowest BCUT2D eigenvalue weighted by molar-refractivity contribution is 0.560. The van der Waals surface area contributed by atoms with Crippen molar-refractivity contribution in [3.63, 3.8) is 0 Å². The number of aryl methyl sites for hydroxylation is 1. The first kappa shape index (κ1) is 16.4. The second-order valence-corrected chi connectivity index (χ2v) is 7.03. The Morgan fingerprint density at radius 1 is 1.12 bits per heavy atom. The van der Waals surface area contributed by atoms with E-state index >= 15 is 0 Å². The SMILES string of the molecule is Cn1ccnc1[C@@H](NS(=O)(=O)c1ccccc1)c1cccc(F)c1. The number of imidazole rings is 1. The third kappa shape index (κ3) is 3.37. The lowest BCUT2D eigenvalue weighted by atomic mass is 10.1. The largest absolute Gasteiger partial charge is 0.336 e. The molecule has 0 saturated heterocycles. The van der Waals surface area contributed by atoms with Crippen LogP contribution in [0.3, 0.4) is 0 Å². The highest BCUT2D eigenvalue weighted by Crippen LogP contribution is 2.23. The van der Waals surface area contributed by atoms with Crippen molar-refractivity contribution >= 4 is 10.0 Å². The standard InChI is InChI=1S/C17H16FN3O2S/c1-21-11-10-19-17(21)16(13-6-5-7-14(18)12-13)20-24(22,23)15-8-3-2-4-9-15/h2-12,16,20H,1H3/t16-/m0/s1. The number of hydrogen-bond donors (Lipinski definition) is 1. The maximum Gasteiger partial charge on any atom is 0.241 e. The molecule has 1 aromatic heterocycles. The van der Waals surface area contributed by atoms with Crippen molar-refractivity contribution in [3.05, 3.63) is 84.2 Å². The summed E-state index contributed by atoms with van der Waals surface area (Å²) in [6, 6.07) is 13.0. The van der Waals surface area contributed by atoms with Gasteiger partial charge in [0, 0.05) is 19.4 Å². The fraction of sp³-hybridized carbons (Fsp3) is 0.118. The van der Waals surface area contributed by atoms with Crippen molar-refractivity contribution in [2.75, 3.05) is 0 Å². The van der Waals surface area contributed by atoms with Crippen LogP contribution in [0.15, 0.2) is 71.9 Å². The molecule has 0 amide bonds. The molecule has 3 aromatic rings. The van der Waals surface area contributed by atoms with Gasteiger partial charge in [0.1, 0.15) is 17.7 Å². The van der Waals surface area contributed by atoms with Crippen LogP contribution < -0.4 is 4.72 Å². The zero-order chi connectivity index (χ0) is 17.2. The van der Waals surface area contributed by atoms with E-state index in [1.54, 1.807) is 48.3 Å². The quantitative estimate of drug-likeness (QED) is 0.773. The predicted molar refractivity (Wildman–Crippen MR) is 88.2 cm³/mol. The van der Waals surface area contributed by atoms with Gasteiger partial charge < -0.3 is 4.57 Å². The average Bonchev–Trinajstić information content (AvgIpc) is 2.99. The molecule has 0 aliphatic rings. The first-order chi connectivity index (χ1) is 11.5. The summed E-state index contributed by atoms with van der Waals surface area (Å²) in [5.41, 5.74) is 0.476. The van der Waals surface area contributed by atoms with Crippen LogP contribution in [0.1, 0.15) is 17.4 Å².